The average Bonchev–Trinajstić information content (AvgIpc) is 2.67. The molecule has 0 amide bonds. The maximum Gasteiger partial charge on any atom is 0.140 e. The minimum Gasteiger partial charge on any atom is -0.330 e. The van der Waals surface area contributed by atoms with Crippen molar-refractivity contribution in [2.75, 3.05) is 20.1 Å². The van der Waals surface area contributed by atoms with Gasteiger partial charge in [0.2, 0.25) is 0 Å². The molecule has 1 saturated heterocycles. The van der Waals surface area contributed by atoms with E-state index in [-0.39, 0.29) is 5.82 Å². The Morgan fingerprint density at radius 3 is 2.76 bits per heavy atom. The van der Waals surface area contributed by atoms with Crippen LogP contribution < -0.4 is 5.73 Å². The summed E-state index contributed by atoms with van der Waals surface area (Å²) in [5, 5.41) is 0. The van der Waals surface area contributed by atoms with E-state index in [1.807, 2.05) is 12.1 Å². The second kappa shape index (κ2) is 5.04. The van der Waals surface area contributed by atoms with Crippen molar-refractivity contribution in [2.24, 2.45) is 11.7 Å². The molecule has 1 aromatic rings. The molecule has 2 N–H and O–H groups in total. The van der Waals surface area contributed by atoms with Crippen molar-refractivity contribution in [3.05, 3.63) is 33.5 Å². The SMILES string of the molecule is Cc1cc(C2CC(CN)CN2C)cc(Br)c1F. The fourth-order valence-corrected chi connectivity index (χ4v) is 3.19. The Morgan fingerprint density at radius 2 is 2.24 bits per heavy atom. The highest BCUT2D eigenvalue weighted by Crippen LogP contribution is 2.35. The number of halogens is 2. The number of rotatable bonds is 2. The highest BCUT2D eigenvalue weighted by Gasteiger charge is 2.30. The van der Waals surface area contributed by atoms with Gasteiger partial charge in [-0.15, -0.1) is 0 Å². The lowest BCUT2D eigenvalue weighted by Gasteiger charge is -2.20. The molecule has 0 aromatic heterocycles. The third-order valence-corrected chi connectivity index (χ3v) is 4.16. The monoisotopic (exact) mass is 300 g/mol. The zero-order valence-corrected chi connectivity index (χ0v) is 11.8. The summed E-state index contributed by atoms with van der Waals surface area (Å²) in [5.74, 6) is 0.388. The Labute approximate surface area is 110 Å². The Kier molecular flexibility index (Phi) is 3.85. The lowest BCUT2D eigenvalue weighted by atomic mass is 9.98. The number of nitrogens with two attached hydrogens (primary N) is 1. The zero-order chi connectivity index (χ0) is 12.6. The van der Waals surface area contributed by atoms with Crippen molar-refractivity contribution < 1.29 is 4.39 Å². The summed E-state index contributed by atoms with van der Waals surface area (Å²) in [5.41, 5.74) is 7.59. The maximum atomic E-state index is 13.6. The fourth-order valence-electron chi connectivity index (χ4n) is 2.61. The van der Waals surface area contributed by atoms with Gasteiger partial charge in [-0.25, -0.2) is 4.39 Å². The van der Waals surface area contributed by atoms with E-state index >= 15 is 0 Å². The summed E-state index contributed by atoms with van der Waals surface area (Å²) in [6.45, 7) is 3.55. The predicted molar refractivity (Wildman–Crippen MR) is 71.4 cm³/mol. The van der Waals surface area contributed by atoms with Gasteiger partial charge in [0, 0.05) is 12.6 Å². The molecule has 0 bridgehead atoms. The number of hydrogen-bond donors (Lipinski definition) is 1. The van der Waals surface area contributed by atoms with Crippen molar-refractivity contribution in [2.45, 2.75) is 19.4 Å². The second-order valence-corrected chi connectivity index (χ2v) is 5.78. The van der Waals surface area contributed by atoms with Gasteiger partial charge in [-0.2, -0.15) is 0 Å². The summed E-state index contributed by atoms with van der Waals surface area (Å²) in [6.07, 6.45) is 1.06. The van der Waals surface area contributed by atoms with Crippen LogP contribution in [0.1, 0.15) is 23.6 Å². The molecule has 0 aliphatic carbocycles. The normalized spacial score (nSPS) is 25.5. The number of nitrogens with zero attached hydrogens (tertiary/aromatic N) is 1. The van der Waals surface area contributed by atoms with Crippen LogP contribution in [0.4, 0.5) is 4.39 Å². The van der Waals surface area contributed by atoms with Crippen LogP contribution in [-0.4, -0.2) is 25.0 Å². The molecule has 4 heteroatoms. The largest absolute Gasteiger partial charge is 0.330 e. The number of hydrogen-bond acceptors (Lipinski definition) is 2. The van der Waals surface area contributed by atoms with Gasteiger partial charge in [-0.1, -0.05) is 6.07 Å². The highest BCUT2D eigenvalue weighted by atomic mass is 79.9. The summed E-state index contributed by atoms with van der Waals surface area (Å²) in [6, 6.07) is 4.20. The van der Waals surface area contributed by atoms with Crippen molar-refractivity contribution in [3.63, 3.8) is 0 Å². The molecule has 1 fully saturated rings. The zero-order valence-electron chi connectivity index (χ0n) is 10.2. The molecule has 1 heterocycles. The Hall–Kier alpha value is -0.450. The molecule has 2 rings (SSSR count). The maximum absolute atomic E-state index is 13.6. The third-order valence-electron chi connectivity index (χ3n) is 3.59. The summed E-state index contributed by atoms with van der Waals surface area (Å²) < 4.78 is 14.1. The first-order chi connectivity index (χ1) is 8.02. The molecule has 17 heavy (non-hydrogen) atoms. The van der Waals surface area contributed by atoms with E-state index in [1.54, 1.807) is 6.92 Å². The minimum absolute atomic E-state index is 0.162. The number of likely N-dealkylation sites (tertiary alicyclic amines) is 1. The van der Waals surface area contributed by atoms with Gasteiger partial charge in [0.1, 0.15) is 5.82 Å². The Balaban J connectivity index is 2.29. The first-order valence-electron chi connectivity index (χ1n) is 5.88. The molecule has 1 aromatic carbocycles. The highest BCUT2D eigenvalue weighted by molar-refractivity contribution is 9.10. The first-order valence-corrected chi connectivity index (χ1v) is 6.68. The van der Waals surface area contributed by atoms with E-state index in [2.05, 4.69) is 27.9 Å². The van der Waals surface area contributed by atoms with Crippen LogP contribution in [0.5, 0.6) is 0 Å². The lowest BCUT2D eigenvalue weighted by molar-refractivity contribution is 0.313. The molecule has 0 radical (unpaired) electrons. The van der Waals surface area contributed by atoms with Crippen LogP contribution in [0.25, 0.3) is 0 Å². The van der Waals surface area contributed by atoms with Crippen LogP contribution in [0.3, 0.4) is 0 Å². The molecule has 1 aliphatic rings. The predicted octanol–water partition coefficient (Wildman–Crippen LogP) is 2.85. The van der Waals surface area contributed by atoms with Gasteiger partial charge in [-0.05, 0) is 66.0 Å². The van der Waals surface area contributed by atoms with E-state index in [0.29, 0.717) is 22.0 Å². The van der Waals surface area contributed by atoms with Crippen LogP contribution in [-0.2, 0) is 0 Å². The van der Waals surface area contributed by atoms with Crippen LogP contribution >= 0.6 is 15.9 Å². The molecule has 2 unspecified atom stereocenters. The van der Waals surface area contributed by atoms with Crippen LogP contribution in [0, 0.1) is 18.7 Å². The summed E-state index contributed by atoms with van der Waals surface area (Å²) in [7, 11) is 2.10. The molecular weight excluding hydrogens is 283 g/mol. The van der Waals surface area contributed by atoms with Gasteiger partial charge >= 0.3 is 0 Å². The first kappa shape index (κ1) is 13.0. The molecule has 0 spiro atoms. The third kappa shape index (κ3) is 2.54. The Bertz CT molecular complexity index is 399. The topological polar surface area (TPSA) is 29.3 Å². The van der Waals surface area contributed by atoms with E-state index < -0.39 is 0 Å². The van der Waals surface area contributed by atoms with Crippen LogP contribution in [0.15, 0.2) is 16.6 Å². The number of benzene rings is 1. The van der Waals surface area contributed by atoms with Gasteiger partial charge in [0.15, 0.2) is 0 Å². The summed E-state index contributed by atoms with van der Waals surface area (Å²) in [4.78, 5) is 2.30. The van der Waals surface area contributed by atoms with E-state index in [4.69, 9.17) is 5.73 Å². The fraction of sp³-hybridized carbons (Fsp3) is 0.538. The molecule has 0 saturated carbocycles. The average molecular weight is 301 g/mol. The van der Waals surface area contributed by atoms with Gasteiger partial charge < -0.3 is 5.73 Å². The molecule has 94 valence electrons. The van der Waals surface area contributed by atoms with Gasteiger partial charge in [0.05, 0.1) is 4.47 Å². The van der Waals surface area contributed by atoms with E-state index in [1.165, 1.54) is 5.56 Å². The van der Waals surface area contributed by atoms with E-state index in [0.717, 1.165) is 19.5 Å². The lowest BCUT2D eigenvalue weighted by Crippen LogP contribution is -2.20. The number of aryl methyl sites for hydroxylation is 1. The van der Waals surface area contributed by atoms with Crippen molar-refractivity contribution in [1.29, 1.82) is 0 Å². The van der Waals surface area contributed by atoms with E-state index in [9.17, 15) is 4.39 Å². The van der Waals surface area contributed by atoms with Gasteiger partial charge in [-0.3, -0.25) is 4.90 Å². The molecule has 2 atom stereocenters. The second-order valence-electron chi connectivity index (χ2n) is 4.93. The molecule has 2 nitrogen and oxygen atoms in total. The molecule has 1 aliphatic heterocycles. The Morgan fingerprint density at radius 1 is 1.53 bits per heavy atom. The van der Waals surface area contributed by atoms with Gasteiger partial charge in [0.25, 0.3) is 0 Å². The molecular formula is C13H18BrFN2. The van der Waals surface area contributed by atoms with Crippen molar-refractivity contribution in [1.82, 2.24) is 4.90 Å². The van der Waals surface area contributed by atoms with Crippen molar-refractivity contribution in [3.8, 4) is 0 Å². The standard InChI is InChI=1S/C13H18BrFN2/c1-8-3-10(5-11(14)13(8)15)12-4-9(6-16)7-17(12)2/h3,5,9,12H,4,6-7,16H2,1-2H3. The minimum atomic E-state index is -0.162. The summed E-state index contributed by atoms with van der Waals surface area (Å²) >= 11 is 3.28. The quantitative estimate of drug-likeness (QED) is 0.910. The van der Waals surface area contributed by atoms with Crippen LogP contribution in [0.2, 0.25) is 0 Å². The smallest absolute Gasteiger partial charge is 0.140 e. The van der Waals surface area contributed by atoms with Crippen molar-refractivity contribution >= 4 is 15.9 Å².